The molecule has 0 aromatic heterocycles. The number of carbonyl (C=O) groups excluding carboxylic acids is 2. The SMILES string of the molecule is CC(C)CCOc1ccc(Br)cc1C(=O)NNC(=O)c1ccccc1Br. The van der Waals surface area contributed by atoms with Gasteiger partial charge in [-0.25, -0.2) is 0 Å². The number of amides is 2. The second-order valence-corrected chi connectivity index (χ2v) is 7.83. The van der Waals surface area contributed by atoms with Crippen molar-refractivity contribution in [2.45, 2.75) is 20.3 Å². The Morgan fingerprint density at radius 1 is 1.00 bits per heavy atom. The number of hydrogen-bond acceptors (Lipinski definition) is 3. The van der Waals surface area contributed by atoms with E-state index in [1.54, 1.807) is 36.4 Å². The highest BCUT2D eigenvalue weighted by Crippen LogP contribution is 2.24. The van der Waals surface area contributed by atoms with Crippen LogP contribution in [0.5, 0.6) is 5.75 Å². The van der Waals surface area contributed by atoms with Gasteiger partial charge in [0.2, 0.25) is 0 Å². The summed E-state index contributed by atoms with van der Waals surface area (Å²) in [6.07, 6.45) is 0.885. The maximum atomic E-state index is 12.5. The van der Waals surface area contributed by atoms with Crippen LogP contribution in [0.3, 0.4) is 0 Å². The molecule has 0 aliphatic carbocycles. The molecule has 7 heteroatoms. The van der Waals surface area contributed by atoms with E-state index >= 15 is 0 Å². The molecular formula is C19H20Br2N2O3. The zero-order chi connectivity index (χ0) is 19.1. The third-order valence-electron chi connectivity index (χ3n) is 3.55. The summed E-state index contributed by atoms with van der Waals surface area (Å²) in [7, 11) is 0. The van der Waals surface area contributed by atoms with Gasteiger partial charge in [-0.1, -0.05) is 41.9 Å². The van der Waals surface area contributed by atoms with Crippen LogP contribution in [0.25, 0.3) is 0 Å². The summed E-state index contributed by atoms with van der Waals surface area (Å²) >= 11 is 6.66. The first-order valence-corrected chi connectivity index (χ1v) is 9.74. The van der Waals surface area contributed by atoms with Crippen molar-refractivity contribution in [2.75, 3.05) is 6.61 Å². The smallest absolute Gasteiger partial charge is 0.273 e. The van der Waals surface area contributed by atoms with Gasteiger partial charge in [-0.3, -0.25) is 20.4 Å². The van der Waals surface area contributed by atoms with Crippen molar-refractivity contribution >= 4 is 43.7 Å². The number of benzene rings is 2. The molecule has 138 valence electrons. The van der Waals surface area contributed by atoms with E-state index in [2.05, 4.69) is 56.6 Å². The first kappa shape index (κ1) is 20.5. The molecule has 0 fully saturated rings. The number of rotatable bonds is 6. The molecule has 0 saturated heterocycles. The van der Waals surface area contributed by atoms with E-state index in [0.29, 0.717) is 33.9 Å². The molecule has 0 aliphatic rings. The van der Waals surface area contributed by atoms with Gasteiger partial charge < -0.3 is 4.74 Å². The zero-order valence-corrected chi connectivity index (χ0v) is 17.7. The Labute approximate surface area is 169 Å². The van der Waals surface area contributed by atoms with E-state index in [-0.39, 0.29) is 0 Å². The Balaban J connectivity index is 2.05. The van der Waals surface area contributed by atoms with Gasteiger partial charge in [0.25, 0.3) is 11.8 Å². The molecule has 2 aromatic carbocycles. The van der Waals surface area contributed by atoms with Gasteiger partial charge in [-0.05, 0) is 58.6 Å². The van der Waals surface area contributed by atoms with Crippen molar-refractivity contribution in [3.8, 4) is 5.75 Å². The molecular weight excluding hydrogens is 464 g/mol. The van der Waals surface area contributed by atoms with Gasteiger partial charge in [-0.2, -0.15) is 0 Å². The molecule has 2 N–H and O–H groups in total. The second kappa shape index (κ2) is 9.73. The fourth-order valence-corrected chi connectivity index (χ4v) is 2.93. The summed E-state index contributed by atoms with van der Waals surface area (Å²) in [5, 5.41) is 0. The van der Waals surface area contributed by atoms with Crippen molar-refractivity contribution in [2.24, 2.45) is 5.92 Å². The van der Waals surface area contributed by atoms with Crippen LogP contribution in [0.2, 0.25) is 0 Å². The molecule has 0 saturated carbocycles. The topological polar surface area (TPSA) is 67.4 Å². The summed E-state index contributed by atoms with van der Waals surface area (Å²) in [6.45, 7) is 4.73. The van der Waals surface area contributed by atoms with Gasteiger partial charge in [0.15, 0.2) is 0 Å². The lowest BCUT2D eigenvalue weighted by Crippen LogP contribution is -2.41. The van der Waals surface area contributed by atoms with Gasteiger partial charge in [0.05, 0.1) is 17.7 Å². The van der Waals surface area contributed by atoms with Crippen LogP contribution in [-0.2, 0) is 0 Å². The quantitative estimate of drug-likeness (QED) is 0.584. The summed E-state index contributed by atoms with van der Waals surface area (Å²) in [4.78, 5) is 24.7. The molecule has 0 spiro atoms. The highest BCUT2D eigenvalue weighted by molar-refractivity contribution is 9.10. The normalized spacial score (nSPS) is 10.5. The maximum absolute atomic E-state index is 12.5. The minimum Gasteiger partial charge on any atom is -0.493 e. The van der Waals surface area contributed by atoms with Crippen molar-refractivity contribution in [3.05, 3.63) is 62.5 Å². The number of carbonyl (C=O) groups is 2. The molecule has 26 heavy (non-hydrogen) atoms. The van der Waals surface area contributed by atoms with E-state index in [4.69, 9.17) is 4.74 Å². The highest BCUT2D eigenvalue weighted by atomic mass is 79.9. The summed E-state index contributed by atoms with van der Waals surface area (Å²) in [5.74, 6) is 0.113. The fraction of sp³-hybridized carbons (Fsp3) is 0.263. The lowest BCUT2D eigenvalue weighted by atomic mass is 10.1. The summed E-state index contributed by atoms with van der Waals surface area (Å²) < 4.78 is 7.12. The molecule has 0 aliphatic heterocycles. The lowest BCUT2D eigenvalue weighted by molar-refractivity contribution is 0.0843. The summed E-state index contributed by atoms with van der Waals surface area (Å²) in [5.41, 5.74) is 5.62. The van der Waals surface area contributed by atoms with Gasteiger partial charge in [-0.15, -0.1) is 0 Å². The molecule has 0 radical (unpaired) electrons. The lowest BCUT2D eigenvalue weighted by Gasteiger charge is -2.14. The van der Waals surface area contributed by atoms with Crippen LogP contribution in [0, 0.1) is 5.92 Å². The predicted octanol–water partition coefficient (Wildman–Crippen LogP) is 4.71. The molecule has 2 amide bonds. The fourth-order valence-electron chi connectivity index (χ4n) is 2.10. The minimum atomic E-state index is -0.453. The highest BCUT2D eigenvalue weighted by Gasteiger charge is 2.16. The molecule has 5 nitrogen and oxygen atoms in total. The van der Waals surface area contributed by atoms with E-state index in [0.717, 1.165) is 10.9 Å². The standard InChI is InChI=1S/C19H20Br2N2O3/c1-12(2)9-10-26-17-8-7-13(20)11-15(17)19(25)23-22-18(24)14-5-3-4-6-16(14)21/h3-8,11-12H,9-10H2,1-2H3,(H,22,24)(H,23,25). The minimum absolute atomic E-state index is 0.343. The van der Waals surface area contributed by atoms with E-state index < -0.39 is 11.8 Å². The molecule has 0 bridgehead atoms. The van der Waals surface area contributed by atoms with Gasteiger partial charge in [0.1, 0.15) is 5.75 Å². The van der Waals surface area contributed by atoms with Crippen molar-refractivity contribution in [3.63, 3.8) is 0 Å². The van der Waals surface area contributed by atoms with Gasteiger partial charge in [0, 0.05) is 8.95 Å². The molecule has 0 unspecified atom stereocenters. The zero-order valence-electron chi connectivity index (χ0n) is 14.5. The van der Waals surface area contributed by atoms with E-state index in [1.165, 1.54) is 0 Å². The molecule has 0 atom stereocenters. The number of ether oxygens (including phenoxy) is 1. The largest absolute Gasteiger partial charge is 0.493 e. The van der Waals surface area contributed by atoms with Crippen molar-refractivity contribution in [1.29, 1.82) is 0 Å². The Kier molecular flexibility index (Phi) is 7.66. The monoisotopic (exact) mass is 482 g/mol. The van der Waals surface area contributed by atoms with Crippen LogP contribution >= 0.6 is 31.9 Å². The molecule has 2 rings (SSSR count). The number of hydrogen-bond donors (Lipinski definition) is 2. The predicted molar refractivity (Wildman–Crippen MR) is 108 cm³/mol. The first-order chi connectivity index (χ1) is 12.4. The van der Waals surface area contributed by atoms with Crippen molar-refractivity contribution in [1.82, 2.24) is 10.9 Å². The Hall–Kier alpha value is -1.86. The average Bonchev–Trinajstić information content (AvgIpc) is 2.60. The average molecular weight is 484 g/mol. The third-order valence-corrected chi connectivity index (χ3v) is 4.73. The maximum Gasteiger partial charge on any atom is 0.273 e. The summed E-state index contributed by atoms with van der Waals surface area (Å²) in [6, 6.07) is 12.2. The van der Waals surface area contributed by atoms with Crippen LogP contribution in [0.4, 0.5) is 0 Å². The second-order valence-electron chi connectivity index (χ2n) is 6.06. The number of halogens is 2. The van der Waals surface area contributed by atoms with Crippen molar-refractivity contribution < 1.29 is 14.3 Å². The molecule has 2 aromatic rings. The molecule has 0 heterocycles. The third kappa shape index (κ3) is 5.85. The number of hydrazine groups is 1. The first-order valence-electron chi connectivity index (χ1n) is 8.16. The number of nitrogens with one attached hydrogen (secondary N) is 2. The van der Waals surface area contributed by atoms with Crippen LogP contribution in [0.15, 0.2) is 51.4 Å². The van der Waals surface area contributed by atoms with Crippen LogP contribution < -0.4 is 15.6 Å². The van der Waals surface area contributed by atoms with E-state index in [1.807, 2.05) is 6.07 Å². The van der Waals surface area contributed by atoms with Crippen LogP contribution in [0.1, 0.15) is 41.0 Å². The van der Waals surface area contributed by atoms with E-state index in [9.17, 15) is 9.59 Å². The Bertz CT molecular complexity index is 794. The Morgan fingerprint density at radius 3 is 2.31 bits per heavy atom. The van der Waals surface area contributed by atoms with Crippen LogP contribution in [-0.4, -0.2) is 18.4 Å². The van der Waals surface area contributed by atoms with Gasteiger partial charge >= 0.3 is 0 Å². The Morgan fingerprint density at radius 2 is 1.65 bits per heavy atom.